The number of H-pyrrole nitrogens is 1. The molecule has 8 aromatic carbocycles. The molecule has 1 unspecified atom stereocenters. The fraction of sp³-hybridized carbons (Fsp3) is 0.0377. The van der Waals surface area contributed by atoms with Crippen molar-refractivity contribution < 1.29 is 13.8 Å². The minimum Gasteiger partial charge on any atom is -0.456 e. The molecule has 0 amide bonds. The second-order valence-electron chi connectivity index (χ2n) is 15.1. The number of aromatic nitrogens is 3. The van der Waals surface area contributed by atoms with E-state index in [0.717, 1.165) is 89.8 Å². The first kappa shape index (κ1) is 32.6. The number of nitrogens with zero attached hydrogens (tertiary/aromatic N) is 2. The van der Waals surface area contributed by atoms with E-state index in [1.165, 1.54) is 27.1 Å². The summed E-state index contributed by atoms with van der Waals surface area (Å²) in [4.78, 5) is 14.0. The lowest BCUT2D eigenvalue weighted by Crippen LogP contribution is -2.22. The van der Waals surface area contributed by atoms with E-state index < -0.39 is 0 Å². The van der Waals surface area contributed by atoms with Crippen molar-refractivity contribution >= 4 is 65.4 Å². The maximum Gasteiger partial charge on any atom is 0.308 e. The van der Waals surface area contributed by atoms with Crippen LogP contribution < -0.4 is 4.98 Å². The lowest BCUT2D eigenvalue weighted by Gasteiger charge is -2.10. The van der Waals surface area contributed by atoms with E-state index in [1.807, 2.05) is 18.2 Å². The van der Waals surface area contributed by atoms with Gasteiger partial charge in [-0.05, 0) is 98.8 Å². The van der Waals surface area contributed by atoms with Crippen LogP contribution in [0.15, 0.2) is 191 Å². The first-order valence-corrected chi connectivity index (χ1v) is 19.8. The zero-order valence-corrected chi connectivity index (χ0v) is 31.3. The van der Waals surface area contributed by atoms with Gasteiger partial charge in [-0.15, -0.1) is 0 Å². The number of allylic oxidation sites excluding steroid dienone is 4. The van der Waals surface area contributed by atoms with Crippen molar-refractivity contribution in [3.8, 4) is 45.0 Å². The molecule has 272 valence electrons. The Kier molecular flexibility index (Phi) is 7.29. The summed E-state index contributed by atoms with van der Waals surface area (Å²) < 4.78 is 13.0. The monoisotopic (exact) mass is 744 g/mol. The van der Waals surface area contributed by atoms with Gasteiger partial charge in [0.25, 0.3) is 5.82 Å². The summed E-state index contributed by atoms with van der Waals surface area (Å²) in [5.41, 5.74) is 9.67. The molecule has 1 aliphatic carbocycles. The molecule has 0 saturated carbocycles. The van der Waals surface area contributed by atoms with Gasteiger partial charge in [0, 0.05) is 21.5 Å². The fourth-order valence-corrected chi connectivity index (χ4v) is 8.83. The third-order valence-corrected chi connectivity index (χ3v) is 11.7. The number of hydrogen-bond acceptors (Lipinski definition) is 4. The quantitative estimate of drug-likeness (QED) is 0.165. The van der Waals surface area contributed by atoms with E-state index in [-0.39, 0.29) is 5.92 Å². The van der Waals surface area contributed by atoms with Crippen LogP contribution in [0, 0.1) is 0 Å². The molecule has 0 fully saturated rings. The Labute approximate surface area is 333 Å². The third-order valence-electron chi connectivity index (χ3n) is 11.7. The van der Waals surface area contributed by atoms with Crippen LogP contribution in [0.2, 0.25) is 0 Å². The van der Waals surface area contributed by atoms with Crippen LogP contribution in [0.5, 0.6) is 0 Å². The number of nitrogens with one attached hydrogen (secondary N) is 1. The lowest BCUT2D eigenvalue weighted by atomic mass is 9.94. The summed E-state index contributed by atoms with van der Waals surface area (Å²) in [7, 11) is 0. The van der Waals surface area contributed by atoms with Crippen molar-refractivity contribution in [2.24, 2.45) is 0 Å². The molecule has 0 radical (unpaired) electrons. The van der Waals surface area contributed by atoms with Gasteiger partial charge in [0.1, 0.15) is 22.3 Å². The maximum atomic E-state index is 6.50. The minimum absolute atomic E-state index is 0.0881. The van der Waals surface area contributed by atoms with Crippen molar-refractivity contribution in [2.45, 2.75) is 12.3 Å². The minimum atomic E-state index is 0.0881. The molecule has 58 heavy (non-hydrogen) atoms. The van der Waals surface area contributed by atoms with Gasteiger partial charge in [-0.2, -0.15) is 0 Å². The number of fused-ring (bicyclic) bond motifs is 9. The van der Waals surface area contributed by atoms with Crippen molar-refractivity contribution in [3.63, 3.8) is 0 Å². The summed E-state index contributed by atoms with van der Waals surface area (Å²) in [5, 5.41) is 9.30. The molecular formula is C53H34N3O2+. The standard InChI is InChI=1S/C53H33N3O2/c1-2-12-34(13-3-1)51-54-52(56-53(55-51)43-20-9-19-42-41-17-6-7-21-46(41)58-50(42)43)38-15-8-14-37(29-38)40-18-10-22-48-49(40)45-31-36(27-28-47(45)57-48)35-26-25-33-24-23-32-11-4-5-16-39(32)44(33)30-35/h1-12,14-31,34H,13H2/p+1. The number of aromatic amines is 1. The molecule has 0 aliphatic heterocycles. The number of rotatable bonds is 5. The van der Waals surface area contributed by atoms with Crippen LogP contribution in [0.3, 0.4) is 0 Å². The van der Waals surface area contributed by atoms with Crippen LogP contribution in [0.25, 0.3) is 110 Å². The van der Waals surface area contributed by atoms with Gasteiger partial charge in [0.2, 0.25) is 5.82 Å². The largest absolute Gasteiger partial charge is 0.456 e. The van der Waals surface area contributed by atoms with Crippen molar-refractivity contribution in [1.82, 2.24) is 9.97 Å². The average Bonchev–Trinajstić information content (AvgIpc) is 3.87. The van der Waals surface area contributed by atoms with Gasteiger partial charge >= 0.3 is 5.82 Å². The average molecular weight is 745 g/mol. The predicted octanol–water partition coefficient (Wildman–Crippen LogP) is 13.7. The second-order valence-corrected chi connectivity index (χ2v) is 15.1. The Hall–Kier alpha value is -7.63. The number of para-hydroxylation sites is 2. The van der Waals surface area contributed by atoms with Crippen LogP contribution in [0.4, 0.5) is 0 Å². The van der Waals surface area contributed by atoms with Crippen molar-refractivity contribution in [3.05, 3.63) is 188 Å². The van der Waals surface area contributed by atoms with E-state index >= 15 is 0 Å². The lowest BCUT2D eigenvalue weighted by molar-refractivity contribution is -0.388. The molecule has 5 nitrogen and oxygen atoms in total. The molecule has 1 aliphatic rings. The van der Waals surface area contributed by atoms with Crippen molar-refractivity contribution in [2.75, 3.05) is 0 Å². The highest BCUT2D eigenvalue weighted by molar-refractivity contribution is 6.14. The van der Waals surface area contributed by atoms with E-state index in [9.17, 15) is 0 Å². The molecule has 0 spiro atoms. The van der Waals surface area contributed by atoms with E-state index in [2.05, 4.69) is 169 Å². The van der Waals surface area contributed by atoms with E-state index in [4.69, 9.17) is 18.8 Å². The molecule has 3 aromatic heterocycles. The Morgan fingerprint density at radius 2 is 1.19 bits per heavy atom. The molecule has 0 bridgehead atoms. The van der Waals surface area contributed by atoms with Gasteiger partial charge in [0.15, 0.2) is 0 Å². The Bertz CT molecular complexity index is 3520. The van der Waals surface area contributed by atoms with Gasteiger partial charge in [-0.1, -0.05) is 143 Å². The smallest absolute Gasteiger partial charge is 0.308 e. The molecule has 5 heteroatoms. The first-order valence-electron chi connectivity index (χ1n) is 19.8. The number of benzene rings is 8. The highest BCUT2D eigenvalue weighted by Gasteiger charge is 2.26. The SMILES string of the molecule is C1=CCC(c2nc(-c3cccc(-c4cccc5oc6ccc(-c7ccc8ccc9ccccc9c8c7)cc6c45)c3)nc(-c3cccc4c3oc3ccccc34)[nH+]2)C=C1. The van der Waals surface area contributed by atoms with Gasteiger partial charge in [-0.25, -0.2) is 4.98 Å². The Morgan fingerprint density at radius 3 is 2.10 bits per heavy atom. The summed E-state index contributed by atoms with van der Waals surface area (Å²) in [6.45, 7) is 0. The van der Waals surface area contributed by atoms with Gasteiger partial charge < -0.3 is 8.83 Å². The highest BCUT2D eigenvalue weighted by atomic mass is 16.3. The summed E-state index contributed by atoms with van der Waals surface area (Å²) in [5.74, 6) is 2.31. The van der Waals surface area contributed by atoms with Gasteiger partial charge in [-0.3, -0.25) is 0 Å². The molecule has 11 aromatic rings. The van der Waals surface area contributed by atoms with Gasteiger partial charge in [0.05, 0.1) is 17.0 Å². The van der Waals surface area contributed by atoms with Crippen LogP contribution in [-0.4, -0.2) is 9.97 Å². The van der Waals surface area contributed by atoms with Crippen LogP contribution in [0.1, 0.15) is 18.2 Å². The fourth-order valence-electron chi connectivity index (χ4n) is 8.83. The maximum absolute atomic E-state index is 6.50. The second kappa shape index (κ2) is 13.0. The summed E-state index contributed by atoms with van der Waals surface area (Å²) in [6.07, 6.45) is 9.41. The molecule has 1 atom stereocenters. The molecule has 12 rings (SSSR count). The molecule has 0 saturated heterocycles. The summed E-state index contributed by atoms with van der Waals surface area (Å²) in [6, 6.07) is 55.6. The zero-order chi connectivity index (χ0) is 38.2. The Morgan fingerprint density at radius 1 is 0.483 bits per heavy atom. The van der Waals surface area contributed by atoms with E-state index in [0.29, 0.717) is 5.82 Å². The molecule has 1 N–H and O–H groups in total. The van der Waals surface area contributed by atoms with Crippen LogP contribution >= 0.6 is 0 Å². The zero-order valence-electron chi connectivity index (χ0n) is 31.3. The normalized spacial score (nSPS) is 14.2. The van der Waals surface area contributed by atoms with E-state index in [1.54, 1.807) is 0 Å². The molecule has 3 heterocycles. The topological polar surface area (TPSA) is 66.2 Å². The predicted molar refractivity (Wildman–Crippen MR) is 236 cm³/mol. The Balaban J connectivity index is 0.998. The number of hydrogen-bond donors (Lipinski definition) is 0. The first-order chi connectivity index (χ1) is 28.7. The van der Waals surface area contributed by atoms with Crippen LogP contribution in [-0.2, 0) is 0 Å². The van der Waals surface area contributed by atoms with Crippen molar-refractivity contribution in [1.29, 1.82) is 0 Å². The summed E-state index contributed by atoms with van der Waals surface area (Å²) >= 11 is 0. The number of furan rings is 2. The highest BCUT2D eigenvalue weighted by Crippen LogP contribution is 2.41. The third kappa shape index (κ3) is 5.28. The molecular weight excluding hydrogens is 711 g/mol.